The third-order valence-corrected chi connectivity index (χ3v) is 23.3. The maximum Gasteiger partial charge on any atom is 0.335 e. The number of aliphatic carboxylic acids is 1. The number of fused-ring (bicyclic) bond motifs is 7. The highest BCUT2D eigenvalue weighted by Gasteiger charge is 2.73. The van der Waals surface area contributed by atoms with Gasteiger partial charge in [0.15, 0.2) is 43.3 Å². The number of aliphatic hydroxyl groups excluding tert-OH is 10. The summed E-state index contributed by atoms with van der Waals surface area (Å²) in [4.78, 5) is 69.2. The Morgan fingerprint density at radius 2 is 1.28 bits per heavy atom. The van der Waals surface area contributed by atoms with Crippen LogP contribution in [0.5, 0.6) is 5.75 Å². The molecule has 10 rings (SSSR count). The summed E-state index contributed by atoms with van der Waals surface area (Å²) in [7, 11) is 1.52. The average molecular weight is 1320 g/mol. The summed E-state index contributed by atoms with van der Waals surface area (Å²) in [5.41, 5.74) is -3.76. The number of ether oxygens (including phenoxy) is 11. The highest BCUT2D eigenvalue weighted by molar-refractivity contribution is 5.87. The number of aldehydes is 1. The number of hydrogen-bond acceptors (Lipinski definition) is 26. The van der Waals surface area contributed by atoms with Crippen molar-refractivity contribution in [1.29, 1.82) is 0 Å². The number of allylic oxidation sites excluding steroid dienone is 2. The Bertz CT molecular complexity index is 2960. The Morgan fingerprint density at radius 1 is 0.634 bits per heavy atom. The molecule has 8 fully saturated rings. The molecule has 4 saturated heterocycles. The Hall–Kier alpha value is -4.63. The number of aliphatic hydroxyl groups is 10. The molecule has 93 heavy (non-hydrogen) atoms. The standard InChI is InChI=1S/C66H94O27/c1-29-42(72)44(74)48(78)56(84-29)92-54-53(86-31(3)69)50(89-41(71)18-13-32-11-14-33(83-10)15-12-32)30(2)85-59(54)93-60(82)66-24-23-61(4,5)25-35(66)34-16-17-38-62(6)21-20-40(63(7,28-68)37(62)19-22-64(38,8)65(34,9)26-39(66)70)88-58-52(47(77)46(76)51(90-58)55(80)81)91-57-49(79)45(75)43(73)36(27-67)87-57/h11-16,18,28-30,35-40,42-54,56-59,67,70,72-79H,17,19-27H2,1-10H3,(H,80,81)/t29-,30+,35+,36-,37-,38+,39+,40+,42+,43+,44-,45+,46+,47+,48+,49-,50-,51+,52-,53+,54-,56+,57-,58-,59-,62+,63-,64-,65+,66+/m1/s1. The summed E-state index contributed by atoms with van der Waals surface area (Å²) in [6, 6.07) is 6.81. The quantitative estimate of drug-likeness (QED) is 0.0276. The zero-order chi connectivity index (χ0) is 68.0. The lowest BCUT2D eigenvalue weighted by atomic mass is 9.33. The van der Waals surface area contributed by atoms with Crippen LogP contribution < -0.4 is 4.74 Å². The van der Waals surface area contributed by atoms with E-state index in [1.54, 1.807) is 31.2 Å². The molecule has 27 heteroatoms. The van der Waals surface area contributed by atoms with Crippen molar-refractivity contribution in [2.45, 2.75) is 255 Å². The van der Waals surface area contributed by atoms with Crippen molar-refractivity contribution in [3.63, 3.8) is 0 Å². The topological polar surface area (TPSA) is 409 Å². The number of rotatable bonds is 16. The van der Waals surface area contributed by atoms with Crippen LogP contribution in [0.2, 0.25) is 0 Å². The molecule has 0 unspecified atom stereocenters. The predicted molar refractivity (Wildman–Crippen MR) is 318 cm³/mol. The number of methoxy groups -OCH3 is 1. The molecule has 0 spiro atoms. The zero-order valence-electron chi connectivity index (χ0n) is 54.1. The fourth-order valence-corrected chi connectivity index (χ4v) is 17.8. The SMILES string of the molecule is COc1ccc(C=CC(=O)O[C@H]2[C@H](OC(C)=O)[C@@H](O[C@@H]3O[C@H](C)[C@H](O)[C@@H](O)[C@@H]3O)[C@@H](OC(=O)[C@@]34CCC(C)(C)C[C@H]3C3=CC[C@H]5[C@@]6(C)CC[C@H](O[C@@H]7O[C@H](C(=O)O)[C@@H](O)[C@H](O)[C@H]7O[C@H]7O[C@H](CO)[C@H](O)[C@H](O)[C@H]7O)[C@](C)(C=O)[C@@H]6CC[C@@]5(C)[C@@]3(C)C[C@@H]4O)O[C@H]2C)cc1. The van der Waals surface area contributed by atoms with Crippen LogP contribution in [0.3, 0.4) is 0 Å². The highest BCUT2D eigenvalue weighted by atomic mass is 16.8. The number of carboxylic acid groups (broad SMARTS) is 1. The number of carbonyl (C=O) groups is 5. The maximum atomic E-state index is 15.9. The Morgan fingerprint density at radius 3 is 1.91 bits per heavy atom. The molecule has 0 radical (unpaired) electrons. The van der Waals surface area contributed by atoms with E-state index < -0.39 is 204 Å². The van der Waals surface area contributed by atoms with Crippen molar-refractivity contribution in [2.24, 2.45) is 50.2 Å². The number of esters is 3. The van der Waals surface area contributed by atoms with Crippen LogP contribution in [0.15, 0.2) is 42.0 Å². The number of carbonyl (C=O) groups excluding carboxylic acids is 4. The van der Waals surface area contributed by atoms with Gasteiger partial charge in [-0.25, -0.2) is 9.59 Å². The second kappa shape index (κ2) is 26.7. The highest BCUT2D eigenvalue weighted by Crippen LogP contribution is 2.76. The molecule has 0 bridgehead atoms. The van der Waals surface area contributed by atoms with Gasteiger partial charge in [0.2, 0.25) is 6.29 Å². The van der Waals surface area contributed by atoms with Crippen LogP contribution in [-0.4, -0.2) is 235 Å². The first-order chi connectivity index (χ1) is 43.6. The van der Waals surface area contributed by atoms with E-state index >= 15 is 4.79 Å². The largest absolute Gasteiger partial charge is 0.497 e. The van der Waals surface area contributed by atoms with Gasteiger partial charge in [-0.2, -0.15) is 0 Å². The second-order valence-corrected chi connectivity index (χ2v) is 29.1. The third-order valence-electron chi connectivity index (χ3n) is 23.3. The molecule has 0 aromatic heterocycles. The fourth-order valence-electron chi connectivity index (χ4n) is 17.8. The molecule has 520 valence electrons. The van der Waals surface area contributed by atoms with Crippen molar-refractivity contribution < 1.29 is 132 Å². The average Bonchev–Trinajstić information content (AvgIpc) is 0.672. The first kappa shape index (κ1) is 71.2. The van der Waals surface area contributed by atoms with E-state index in [0.717, 1.165) is 24.9 Å². The Balaban J connectivity index is 0.940. The second-order valence-electron chi connectivity index (χ2n) is 29.1. The van der Waals surface area contributed by atoms with E-state index in [0.29, 0.717) is 49.8 Å². The van der Waals surface area contributed by atoms with Gasteiger partial charge in [0.1, 0.15) is 78.5 Å². The molecule has 11 N–H and O–H groups in total. The van der Waals surface area contributed by atoms with Gasteiger partial charge in [-0.1, -0.05) is 65.3 Å². The summed E-state index contributed by atoms with van der Waals surface area (Å²) < 4.78 is 66.2. The molecular formula is C66H94O27. The minimum atomic E-state index is -2.10. The van der Waals surface area contributed by atoms with Crippen molar-refractivity contribution >= 4 is 36.2 Å². The van der Waals surface area contributed by atoms with Crippen LogP contribution in [0, 0.1) is 50.2 Å². The van der Waals surface area contributed by atoms with Gasteiger partial charge in [0, 0.05) is 13.0 Å². The smallest absolute Gasteiger partial charge is 0.335 e. The molecule has 0 amide bonds. The summed E-state index contributed by atoms with van der Waals surface area (Å²) in [5, 5.41) is 121. The summed E-state index contributed by atoms with van der Waals surface area (Å²) in [6.45, 7) is 15.7. The first-order valence-corrected chi connectivity index (χ1v) is 32.3. The minimum absolute atomic E-state index is 0.0866. The van der Waals surface area contributed by atoms with Gasteiger partial charge in [-0.05, 0) is 135 Å². The first-order valence-electron chi connectivity index (χ1n) is 32.3. The van der Waals surface area contributed by atoms with E-state index in [4.69, 9.17) is 52.1 Å². The molecule has 27 nitrogen and oxygen atoms in total. The molecule has 4 saturated carbocycles. The molecule has 30 atom stereocenters. The normalized spacial score (nSPS) is 47.9. The van der Waals surface area contributed by atoms with Gasteiger partial charge in [-0.3, -0.25) is 9.59 Å². The van der Waals surface area contributed by atoms with Crippen LogP contribution in [0.4, 0.5) is 0 Å². The van der Waals surface area contributed by atoms with Gasteiger partial charge in [0.25, 0.3) is 0 Å². The van der Waals surface area contributed by atoms with Gasteiger partial charge >= 0.3 is 23.9 Å². The lowest BCUT2D eigenvalue weighted by Crippen LogP contribution is -2.69. The van der Waals surface area contributed by atoms with E-state index in [2.05, 4.69) is 40.7 Å². The number of hydrogen-bond donors (Lipinski definition) is 11. The summed E-state index contributed by atoms with van der Waals surface area (Å²) >= 11 is 0. The predicted octanol–water partition coefficient (Wildman–Crippen LogP) is 1.11. The molecule has 4 aliphatic heterocycles. The fraction of sp³-hybridized carbons (Fsp3) is 0.773. The van der Waals surface area contributed by atoms with Crippen LogP contribution >= 0.6 is 0 Å². The van der Waals surface area contributed by atoms with Crippen LogP contribution in [0.25, 0.3) is 6.08 Å². The lowest BCUT2D eigenvalue weighted by molar-refractivity contribution is -0.373. The van der Waals surface area contributed by atoms with Crippen molar-refractivity contribution in [1.82, 2.24) is 0 Å². The molecule has 1 aromatic carbocycles. The van der Waals surface area contributed by atoms with Crippen molar-refractivity contribution in [2.75, 3.05) is 13.7 Å². The van der Waals surface area contributed by atoms with Crippen LogP contribution in [0.1, 0.15) is 126 Å². The lowest BCUT2D eigenvalue weighted by Gasteiger charge is -2.71. The van der Waals surface area contributed by atoms with Gasteiger partial charge in [0.05, 0.1) is 43.5 Å². The van der Waals surface area contributed by atoms with Crippen molar-refractivity contribution in [3.8, 4) is 5.75 Å². The third kappa shape index (κ3) is 12.4. The van der Waals surface area contributed by atoms with E-state index in [1.165, 1.54) is 27.0 Å². The Kier molecular flexibility index (Phi) is 20.4. The molecule has 1 aromatic rings. The molecule has 4 heterocycles. The van der Waals surface area contributed by atoms with Crippen LogP contribution in [-0.2, 0) is 71.3 Å². The van der Waals surface area contributed by atoms with Gasteiger partial charge < -0.3 is 113 Å². The molecule has 9 aliphatic rings. The molecule has 5 aliphatic carbocycles. The summed E-state index contributed by atoms with van der Waals surface area (Å²) in [6.07, 6.45) is -28.3. The monoisotopic (exact) mass is 1320 g/mol. The Labute approximate surface area is 539 Å². The number of carboxylic acids is 1. The van der Waals surface area contributed by atoms with E-state index in [9.17, 15) is 75.3 Å². The zero-order valence-corrected chi connectivity index (χ0v) is 54.1. The van der Waals surface area contributed by atoms with E-state index in [-0.39, 0.29) is 30.6 Å². The molecular weight excluding hydrogens is 1220 g/mol. The van der Waals surface area contributed by atoms with Gasteiger partial charge in [-0.15, -0.1) is 0 Å². The number of benzene rings is 1. The minimum Gasteiger partial charge on any atom is -0.497 e. The van der Waals surface area contributed by atoms with Crippen molar-refractivity contribution in [3.05, 3.63) is 47.6 Å². The maximum absolute atomic E-state index is 15.9. The van der Waals surface area contributed by atoms with E-state index in [1.807, 2.05) is 0 Å². The summed E-state index contributed by atoms with van der Waals surface area (Å²) in [5.74, 6) is -4.89.